The number of carbonyl (C=O) groups excluding carboxylic acids is 2. The summed E-state index contributed by atoms with van der Waals surface area (Å²) < 4.78 is 6.26. The molecule has 5 rings (SSSR count). The molecule has 0 saturated heterocycles. The quantitative estimate of drug-likeness (QED) is 0.0910. The van der Waals surface area contributed by atoms with Crippen LogP contribution in [-0.4, -0.2) is 104 Å². The van der Waals surface area contributed by atoms with Gasteiger partial charge in [-0.15, -0.1) is 0 Å². The molecule has 13 heteroatoms. The van der Waals surface area contributed by atoms with Gasteiger partial charge in [0.2, 0.25) is 11.8 Å². The molecule has 0 spiro atoms. The molecule has 0 aliphatic heterocycles. The maximum absolute atomic E-state index is 13.2. The van der Waals surface area contributed by atoms with E-state index in [2.05, 4.69) is 40.7 Å². The van der Waals surface area contributed by atoms with E-state index in [4.69, 9.17) is 21.4 Å². The second-order valence-electron chi connectivity index (χ2n) is 14.1. The summed E-state index contributed by atoms with van der Waals surface area (Å²) in [6.45, 7) is 0.998. The Labute approximate surface area is 309 Å². The fourth-order valence-corrected chi connectivity index (χ4v) is 6.61. The van der Waals surface area contributed by atoms with Crippen LogP contribution in [-0.2, 0) is 21.7 Å². The fourth-order valence-electron chi connectivity index (χ4n) is 6.42. The standard InChI is InChI=1S/C39H51ClN4O8/c1-24(6-5-9-36(49)44(22-35(48)41-2)21-32(46)37(50)38(51)33(47)23-45)25-10-13-31(40)26(18-25)19-43-39(15-16-39)30-20-42-17-14-28(30)29-7-3-4-8-34(29)52-27-11-12-27/h3-4,7-8,10,13-14,17-18,20,24,27,32-33,37-38,43,45-47,50-51H,5-6,9,11-12,15-16,19,21-23H2,1-2H3,(H,41,48)/t24?,32-,33+,37+,38+/m0/s1. The normalized spacial score (nSPS) is 17.8. The second-order valence-corrected chi connectivity index (χ2v) is 14.5. The molecule has 2 aliphatic rings. The van der Waals surface area contributed by atoms with Gasteiger partial charge in [-0.1, -0.05) is 48.9 Å². The molecule has 1 heterocycles. The van der Waals surface area contributed by atoms with Gasteiger partial charge >= 0.3 is 0 Å². The fraction of sp³-hybridized carbons (Fsp3) is 0.513. The van der Waals surface area contributed by atoms with Crippen LogP contribution in [0.15, 0.2) is 60.9 Å². The Morgan fingerprint density at radius 3 is 2.46 bits per heavy atom. The molecule has 5 atom stereocenters. The van der Waals surface area contributed by atoms with E-state index in [1.54, 1.807) is 0 Å². The van der Waals surface area contributed by atoms with Crippen LogP contribution in [0.5, 0.6) is 5.75 Å². The first-order valence-corrected chi connectivity index (χ1v) is 18.4. The summed E-state index contributed by atoms with van der Waals surface area (Å²) >= 11 is 6.71. The lowest BCUT2D eigenvalue weighted by molar-refractivity contribution is -0.143. The minimum atomic E-state index is -1.85. The molecule has 2 amide bonds. The SMILES string of the molecule is CNC(=O)CN(C[C@H](O)[C@@H](O)[C@H](O)[C@H](O)CO)C(=O)CCCC(C)c1ccc(Cl)c(CNC2(c3cnccc3-c3ccccc3OC3CC3)CC2)c1. The Kier molecular flexibility index (Phi) is 13.7. The number of aliphatic hydroxyl groups is 5. The van der Waals surface area contributed by atoms with Crippen molar-refractivity contribution in [1.82, 2.24) is 20.5 Å². The first-order valence-electron chi connectivity index (χ1n) is 18.0. The third-order valence-electron chi connectivity index (χ3n) is 10.1. The van der Waals surface area contributed by atoms with Crippen molar-refractivity contribution in [2.75, 3.05) is 26.7 Å². The molecule has 0 radical (unpaired) electrons. The molecular weight excluding hydrogens is 688 g/mol. The van der Waals surface area contributed by atoms with Gasteiger partial charge in [-0.25, -0.2) is 0 Å². The van der Waals surface area contributed by atoms with Gasteiger partial charge in [0.05, 0.1) is 19.3 Å². The Balaban J connectivity index is 1.19. The number of ether oxygens (including phenoxy) is 1. The Bertz CT molecular complexity index is 1670. The maximum atomic E-state index is 13.2. The molecule has 2 aromatic carbocycles. The van der Waals surface area contributed by atoms with E-state index in [-0.39, 0.29) is 30.5 Å². The van der Waals surface area contributed by atoms with Crippen LogP contribution in [0.3, 0.4) is 0 Å². The number of aliphatic hydroxyl groups excluding tert-OH is 5. The zero-order valence-corrected chi connectivity index (χ0v) is 30.5. The van der Waals surface area contributed by atoms with Gasteiger partial charge in [0.1, 0.15) is 30.2 Å². The van der Waals surface area contributed by atoms with Gasteiger partial charge in [-0.3, -0.25) is 14.6 Å². The topological polar surface area (TPSA) is 185 Å². The van der Waals surface area contributed by atoms with E-state index in [9.17, 15) is 30.0 Å². The van der Waals surface area contributed by atoms with Crippen LogP contribution in [0.25, 0.3) is 11.1 Å². The first kappa shape index (κ1) is 39.6. The predicted molar refractivity (Wildman–Crippen MR) is 197 cm³/mol. The summed E-state index contributed by atoms with van der Waals surface area (Å²) in [5.41, 5.74) is 5.12. The van der Waals surface area contributed by atoms with Gasteiger partial charge in [-0.05, 0) is 84.9 Å². The molecule has 2 aliphatic carbocycles. The number of benzene rings is 2. The van der Waals surface area contributed by atoms with E-state index >= 15 is 0 Å². The number of nitrogens with zero attached hydrogens (tertiary/aromatic N) is 2. The molecule has 3 aromatic rings. The van der Waals surface area contributed by atoms with Crippen molar-refractivity contribution >= 4 is 23.4 Å². The van der Waals surface area contributed by atoms with E-state index in [0.717, 1.165) is 64.1 Å². The molecule has 7 N–H and O–H groups in total. The van der Waals surface area contributed by atoms with Crippen molar-refractivity contribution in [3.8, 4) is 16.9 Å². The average Bonchev–Trinajstić information content (AvgIpc) is 4.11. The average molecular weight is 739 g/mol. The summed E-state index contributed by atoms with van der Waals surface area (Å²) in [6.07, 6.45) is 2.37. The molecule has 12 nitrogen and oxygen atoms in total. The summed E-state index contributed by atoms with van der Waals surface area (Å²) in [6, 6.07) is 16.2. The van der Waals surface area contributed by atoms with Crippen LogP contribution < -0.4 is 15.4 Å². The predicted octanol–water partition coefficient (Wildman–Crippen LogP) is 3.01. The first-order chi connectivity index (χ1) is 25.0. The molecule has 1 aromatic heterocycles. The highest BCUT2D eigenvalue weighted by Crippen LogP contribution is 2.50. The molecule has 2 saturated carbocycles. The largest absolute Gasteiger partial charge is 0.490 e. The monoisotopic (exact) mass is 738 g/mol. The minimum Gasteiger partial charge on any atom is -0.490 e. The number of halogens is 1. The molecular formula is C39H51ClN4O8. The number of nitrogens with one attached hydrogen (secondary N) is 2. The molecule has 2 fully saturated rings. The van der Waals surface area contributed by atoms with Crippen molar-refractivity contribution in [1.29, 1.82) is 0 Å². The number of para-hydroxylation sites is 1. The van der Waals surface area contributed by atoms with E-state index in [1.807, 2.05) is 42.7 Å². The Morgan fingerprint density at radius 2 is 1.77 bits per heavy atom. The highest BCUT2D eigenvalue weighted by atomic mass is 35.5. The smallest absolute Gasteiger partial charge is 0.239 e. The third-order valence-corrected chi connectivity index (χ3v) is 10.4. The molecule has 52 heavy (non-hydrogen) atoms. The third kappa shape index (κ3) is 10.1. The van der Waals surface area contributed by atoms with Crippen LogP contribution in [0.4, 0.5) is 0 Å². The van der Waals surface area contributed by atoms with Crippen molar-refractivity contribution in [3.05, 3.63) is 82.6 Å². The zero-order chi connectivity index (χ0) is 37.4. The maximum Gasteiger partial charge on any atom is 0.239 e. The number of carbonyl (C=O) groups is 2. The van der Waals surface area contributed by atoms with Crippen molar-refractivity contribution in [2.45, 2.75) is 100 Å². The van der Waals surface area contributed by atoms with Crippen LogP contribution in [0, 0.1) is 0 Å². The number of rotatable bonds is 20. The lowest BCUT2D eigenvalue weighted by Gasteiger charge is -2.30. The summed E-state index contributed by atoms with van der Waals surface area (Å²) in [5.74, 6) is 0.0971. The molecule has 282 valence electrons. The number of pyridine rings is 1. The Hall–Kier alpha value is -3.62. The van der Waals surface area contributed by atoms with Crippen molar-refractivity contribution < 1.29 is 39.9 Å². The lowest BCUT2D eigenvalue weighted by Crippen LogP contribution is -2.52. The lowest BCUT2D eigenvalue weighted by atomic mass is 9.93. The van der Waals surface area contributed by atoms with Crippen LogP contribution in [0.2, 0.25) is 5.02 Å². The van der Waals surface area contributed by atoms with E-state index in [0.29, 0.717) is 24.4 Å². The van der Waals surface area contributed by atoms with Gasteiger partial charge < -0.3 is 45.8 Å². The number of amides is 2. The second kappa shape index (κ2) is 17.9. The van der Waals surface area contributed by atoms with Gasteiger partial charge in [0.25, 0.3) is 0 Å². The van der Waals surface area contributed by atoms with E-state index in [1.165, 1.54) is 7.05 Å². The summed E-state index contributed by atoms with van der Waals surface area (Å²) in [5, 5.41) is 56.3. The van der Waals surface area contributed by atoms with Crippen LogP contribution in [0.1, 0.15) is 74.5 Å². The van der Waals surface area contributed by atoms with Gasteiger partial charge in [0, 0.05) is 55.1 Å². The van der Waals surface area contributed by atoms with Crippen molar-refractivity contribution in [3.63, 3.8) is 0 Å². The minimum absolute atomic E-state index is 0.0821. The van der Waals surface area contributed by atoms with Crippen LogP contribution >= 0.6 is 11.6 Å². The molecule has 1 unspecified atom stereocenters. The zero-order valence-electron chi connectivity index (χ0n) is 29.7. The Morgan fingerprint density at radius 1 is 1.04 bits per heavy atom. The molecule has 0 bridgehead atoms. The van der Waals surface area contributed by atoms with E-state index < -0.39 is 49.4 Å². The number of hydrogen-bond acceptors (Lipinski definition) is 10. The van der Waals surface area contributed by atoms with Crippen molar-refractivity contribution in [2.24, 2.45) is 0 Å². The highest BCUT2D eigenvalue weighted by Gasteiger charge is 2.46. The summed E-state index contributed by atoms with van der Waals surface area (Å²) in [4.78, 5) is 30.9. The number of likely N-dealkylation sites (N-methyl/N-ethyl adjacent to an activating group) is 1. The van der Waals surface area contributed by atoms with Gasteiger partial charge in [0.15, 0.2) is 0 Å². The number of hydrogen-bond donors (Lipinski definition) is 7. The summed E-state index contributed by atoms with van der Waals surface area (Å²) in [7, 11) is 1.42. The highest BCUT2D eigenvalue weighted by molar-refractivity contribution is 6.31. The van der Waals surface area contributed by atoms with Gasteiger partial charge in [-0.2, -0.15) is 0 Å². The number of aromatic nitrogens is 1.